The summed E-state index contributed by atoms with van der Waals surface area (Å²) in [7, 11) is 0. The highest BCUT2D eigenvalue weighted by Crippen LogP contribution is 2.32. The van der Waals surface area contributed by atoms with Crippen LogP contribution in [-0.2, 0) is 4.79 Å². The second-order valence-corrected chi connectivity index (χ2v) is 3.17. The number of hydrogen-bond donors (Lipinski definition) is 1. The molecule has 76 valence electrons. The van der Waals surface area contributed by atoms with Gasteiger partial charge in [0.15, 0.2) is 0 Å². The molecule has 0 aromatic carbocycles. The molecule has 5 nitrogen and oxygen atoms in total. The van der Waals surface area contributed by atoms with Crippen LogP contribution in [0.1, 0.15) is 6.42 Å². The SMILES string of the molecule is O=C(O)C1=C(Cl)CC(F)([N+](=O)[O-])C=C1. The lowest BCUT2D eigenvalue weighted by Crippen LogP contribution is -2.33. The van der Waals surface area contributed by atoms with Gasteiger partial charge in [-0.2, -0.15) is 4.39 Å². The predicted molar refractivity (Wildman–Crippen MR) is 45.1 cm³/mol. The highest BCUT2D eigenvalue weighted by atomic mass is 35.5. The number of carboxylic acids is 1. The van der Waals surface area contributed by atoms with Gasteiger partial charge >= 0.3 is 11.8 Å². The molecule has 1 N–H and O–H groups in total. The molecule has 1 aliphatic rings. The Morgan fingerprint density at radius 1 is 1.79 bits per heavy atom. The number of carbonyl (C=O) groups is 1. The second kappa shape index (κ2) is 3.38. The van der Waals surface area contributed by atoms with Gasteiger partial charge in [-0.15, -0.1) is 0 Å². The van der Waals surface area contributed by atoms with Crippen molar-refractivity contribution in [1.29, 1.82) is 0 Å². The first-order valence-corrected chi connectivity index (χ1v) is 3.89. The van der Waals surface area contributed by atoms with Crippen LogP contribution in [0.4, 0.5) is 4.39 Å². The van der Waals surface area contributed by atoms with Crippen molar-refractivity contribution >= 4 is 17.6 Å². The maximum Gasteiger partial charge on any atom is 0.383 e. The van der Waals surface area contributed by atoms with Crippen LogP contribution in [0.3, 0.4) is 0 Å². The Balaban J connectivity index is 3.02. The quantitative estimate of drug-likeness (QED) is 0.435. The molecule has 1 rings (SSSR count). The Kier molecular flexibility index (Phi) is 2.57. The second-order valence-electron chi connectivity index (χ2n) is 2.71. The van der Waals surface area contributed by atoms with E-state index in [1.165, 1.54) is 0 Å². The number of nitro groups is 1. The van der Waals surface area contributed by atoms with Crippen LogP contribution >= 0.6 is 11.6 Å². The van der Waals surface area contributed by atoms with E-state index < -0.39 is 23.1 Å². The fraction of sp³-hybridized carbons (Fsp3) is 0.286. The van der Waals surface area contributed by atoms with Crippen LogP contribution < -0.4 is 0 Å². The fourth-order valence-corrected chi connectivity index (χ4v) is 1.32. The van der Waals surface area contributed by atoms with E-state index in [1.807, 2.05) is 0 Å². The van der Waals surface area contributed by atoms with E-state index in [1.54, 1.807) is 0 Å². The molecule has 0 bridgehead atoms. The number of nitrogens with zero attached hydrogens (tertiary/aromatic N) is 1. The van der Waals surface area contributed by atoms with Crippen molar-refractivity contribution in [2.24, 2.45) is 0 Å². The van der Waals surface area contributed by atoms with Gasteiger partial charge in [0.2, 0.25) is 0 Å². The van der Waals surface area contributed by atoms with Crippen molar-refractivity contribution in [3.05, 3.63) is 32.9 Å². The summed E-state index contributed by atoms with van der Waals surface area (Å²) in [5, 5.41) is 18.4. The predicted octanol–water partition coefficient (Wildman–Crippen LogP) is 1.47. The zero-order chi connectivity index (χ0) is 10.9. The van der Waals surface area contributed by atoms with E-state index in [-0.39, 0.29) is 10.6 Å². The first-order chi connectivity index (χ1) is 6.37. The van der Waals surface area contributed by atoms with E-state index >= 15 is 0 Å². The van der Waals surface area contributed by atoms with Crippen LogP contribution in [-0.4, -0.2) is 21.8 Å². The van der Waals surface area contributed by atoms with Crippen LogP contribution in [0.2, 0.25) is 0 Å². The summed E-state index contributed by atoms with van der Waals surface area (Å²) < 4.78 is 13.3. The molecule has 0 spiro atoms. The summed E-state index contributed by atoms with van der Waals surface area (Å²) in [4.78, 5) is 19.6. The number of rotatable bonds is 2. The van der Waals surface area contributed by atoms with Gasteiger partial charge in [-0.3, -0.25) is 10.1 Å². The average Bonchev–Trinajstić information content (AvgIpc) is 2.02. The van der Waals surface area contributed by atoms with Gasteiger partial charge in [0.1, 0.15) is 0 Å². The molecule has 0 radical (unpaired) electrons. The molecule has 0 amide bonds. The fourth-order valence-electron chi connectivity index (χ4n) is 0.986. The van der Waals surface area contributed by atoms with E-state index in [0.29, 0.717) is 6.08 Å². The maximum absolute atomic E-state index is 13.3. The molecule has 0 aromatic heterocycles. The summed E-state index contributed by atoms with van der Waals surface area (Å²) in [6, 6.07) is 0. The van der Waals surface area contributed by atoms with Gasteiger partial charge in [-0.1, -0.05) is 11.6 Å². The van der Waals surface area contributed by atoms with Gasteiger partial charge in [-0.05, 0) is 6.08 Å². The highest BCUT2D eigenvalue weighted by Gasteiger charge is 2.44. The summed E-state index contributed by atoms with van der Waals surface area (Å²) in [6.07, 6.45) is 0.638. The molecule has 0 saturated heterocycles. The zero-order valence-corrected chi connectivity index (χ0v) is 7.49. The first-order valence-electron chi connectivity index (χ1n) is 3.51. The standard InChI is InChI=1S/C7H5ClFNO4/c8-5-3-7(9,10(13)14)2-1-4(5)6(11)12/h1-2H,3H2,(H,11,12). The van der Waals surface area contributed by atoms with Crippen LogP contribution in [0.25, 0.3) is 0 Å². The Morgan fingerprint density at radius 3 is 2.71 bits per heavy atom. The number of carboxylic acid groups (broad SMARTS) is 1. The molecule has 0 saturated carbocycles. The number of hydrogen-bond acceptors (Lipinski definition) is 3. The number of aliphatic carboxylic acids is 1. The zero-order valence-electron chi connectivity index (χ0n) is 6.74. The van der Waals surface area contributed by atoms with Gasteiger partial charge in [0.25, 0.3) is 0 Å². The Hall–Kier alpha value is -1.43. The lowest BCUT2D eigenvalue weighted by molar-refractivity contribution is -0.589. The molecule has 7 heteroatoms. The molecule has 1 aliphatic carbocycles. The molecular formula is C7H5ClFNO4. The van der Waals surface area contributed by atoms with E-state index in [2.05, 4.69) is 0 Å². The average molecular weight is 222 g/mol. The Bertz CT molecular complexity index is 365. The lowest BCUT2D eigenvalue weighted by Gasteiger charge is -2.16. The molecule has 1 atom stereocenters. The minimum atomic E-state index is -2.80. The van der Waals surface area contributed by atoms with Gasteiger partial charge < -0.3 is 5.11 Å². The number of halogens is 2. The van der Waals surface area contributed by atoms with Crippen molar-refractivity contribution < 1.29 is 19.2 Å². The van der Waals surface area contributed by atoms with E-state index in [0.717, 1.165) is 6.08 Å². The highest BCUT2D eigenvalue weighted by molar-refractivity contribution is 6.32. The molecule has 14 heavy (non-hydrogen) atoms. The minimum absolute atomic E-state index is 0.318. The van der Waals surface area contributed by atoms with Crippen LogP contribution in [0, 0.1) is 10.1 Å². The van der Waals surface area contributed by atoms with Crippen molar-refractivity contribution in [1.82, 2.24) is 0 Å². The Morgan fingerprint density at radius 2 is 2.36 bits per heavy atom. The molecule has 0 fully saturated rings. The van der Waals surface area contributed by atoms with Gasteiger partial charge in [0.05, 0.1) is 16.9 Å². The van der Waals surface area contributed by atoms with Crippen molar-refractivity contribution in [2.45, 2.75) is 12.2 Å². The minimum Gasteiger partial charge on any atom is -0.478 e. The molecule has 0 aromatic rings. The maximum atomic E-state index is 13.3. The lowest BCUT2D eigenvalue weighted by atomic mass is 10.0. The smallest absolute Gasteiger partial charge is 0.383 e. The molecule has 0 aliphatic heterocycles. The molecule has 1 unspecified atom stereocenters. The first kappa shape index (κ1) is 10.6. The van der Waals surface area contributed by atoms with Gasteiger partial charge in [0, 0.05) is 11.1 Å². The normalized spacial score (nSPS) is 26.4. The summed E-state index contributed by atoms with van der Waals surface area (Å²) in [5.74, 6) is -4.13. The van der Waals surface area contributed by atoms with Crippen LogP contribution in [0.15, 0.2) is 22.8 Å². The third kappa shape index (κ3) is 1.74. The van der Waals surface area contributed by atoms with Crippen molar-refractivity contribution in [3.8, 4) is 0 Å². The van der Waals surface area contributed by atoms with Gasteiger partial charge in [-0.25, -0.2) is 4.79 Å². The number of alkyl halides is 1. The largest absolute Gasteiger partial charge is 0.478 e. The summed E-state index contributed by atoms with van der Waals surface area (Å²) in [5.41, 5.74) is -0.318. The monoisotopic (exact) mass is 221 g/mol. The third-order valence-corrected chi connectivity index (χ3v) is 2.07. The third-order valence-electron chi connectivity index (χ3n) is 1.73. The van der Waals surface area contributed by atoms with Crippen molar-refractivity contribution in [2.75, 3.05) is 0 Å². The summed E-state index contributed by atoms with van der Waals surface area (Å²) >= 11 is 5.41. The molecular weight excluding hydrogens is 217 g/mol. The summed E-state index contributed by atoms with van der Waals surface area (Å²) in [6.45, 7) is 0. The van der Waals surface area contributed by atoms with Crippen LogP contribution in [0.5, 0.6) is 0 Å². The molecule has 0 heterocycles. The van der Waals surface area contributed by atoms with E-state index in [4.69, 9.17) is 16.7 Å². The Labute approximate surface area is 82.6 Å². The topological polar surface area (TPSA) is 80.4 Å². The van der Waals surface area contributed by atoms with Crippen molar-refractivity contribution in [3.63, 3.8) is 0 Å². The van der Waals surface area contributed by atoms with E-state index in [9.17, 15) is 19.3 Å².